The van der Waals surface area contributed by atoms with Crippen molar-refractivity contribution in [3.8, 4) is 0 Å². The van der Waals surface area contributed by atoms with Crippen LogP contribution in [-0.2, 0) is 11.0 Å². The van der Waals surface area contributed by atoms with Crippen LogP contribution < -0.4 is 5.73 Å². The molecule has 0 aliphatic rings. The van der Waals surface area contributed by atoms with E-state index in [9.17, 15) is 18.0 Å². The lowest BCUT2D eigenvalue weighted by Gasteiger charge is -2.11. The Labute approximate surface area is 111 Å². The van der Waals surface area contributed by atoms with Gasteiger partial charge < -0.3 is 15.3 Å². The van der Waals surface area contributed by atoms with Gasteiger partial charge in [-0.05, 0) is 37.3 Å². The zero-order valence-electron chi connectivity index (χ0n) is 9.78. The summed E-state index contributed by atoms with van der Waals surface area (Å²) in [5.41, 5.74) is 5.03. The number of H-pyrrole nitrogens is 1. The second kappa shape index (κ2) is 4.37. The van der Waals surface area contributed by atoms with E-state index in [1.165, 1.54) is 17.6 Å². The third-order valence-corrected chi connectivity index (χ3v) is 3.14. The molecule has 0 fully saturated rings. The number of primary amides is 1. The fraction of sp³-hybridized carbons (Fsp3) is 0.273. The molecule has 1 atom stereocenters. The van der Waals surface area contributed by atoms with Gasteiger partial charge in [-0.15, -0.1) is 0 Å². The van der Waals surface area contributed by atoms with Crippen LogP contribution in [-0.4, -0.2) is 15.5 Å². The van der Waals surface area contributed by atoms with Gasteiger partial charge in [-0.3, -0.25) is 4.79 Å². The van der Waals surface area contributed by atoms with Gasteiger partial charge in [0.15, 0.2) is 4.77 Å². The molecule has 102 valence electrons. The SMILES string of the molecule is CC(C(N)=O)n1c(=S)[nH]c2cc(C(F)(F)F)ccc21. The first-order chi connectivity index (χ1) is 8.71. The third kappa shape index (κ3) is 2.35. The predicted molar refractivity (Wildman–Crippen MR) is 66.0 cm³/mol. The van der Waals surface area contributed by atoms with E-state index in [0.29, 0.717) is 5.52 Å². The predicted octanol–water partition coefficient (Wildman–Crippen LogP) is 2.76. The number of fused-ring (bicyclic) bond motifs is 1. The number of nitrogens with one attached hydrogen (secondary N) is 1. The molecule has 1 amide bonds. The number of rotatable bonds is 2. The van der Waals surface area contributed by atoms with Crippen molar-refractivity contribution in [1.29, 1.82) is 0 Å². The van der Waals surface area contributed by atoms with Crippen LogP contribution in [0, 0.1) is 4.77 Å². The average molecular weight is 289 g/mol. The van der Waals surface area contributed by atoms with Crippen LogP contribution in [0.2, 0.25) is 0 Å². The van der Waals surface area contributed by atoms with Gasteiger partial charge in [0.2, 0.25) is 5.91 Å². The lowest BCUT2D eigenvalue weighted by atomic mass is 10.2. The molecule has 1 unspecified atom stereocenters. The molecule has 3 N–H and O–H groups in total. The van der Waals surface area contributed by atoms with Gasteiger partial charge in [-0.1, -0.05) is 0 Å². The monoisotopic (exact) mass is 289 g/mol. The standard InChI is InChI=1S/C11H10F3N3OS/c1-5(9(15)18)17-8-3-2-6(11(12,13)14)4-7(8)16-10(17)19/h2-5H,1H3,(H2,15,18)(H,16,19). The van der Waals surface area contributed by atoms with Gasteiger partial charge in [0, 0.05) is 0 Å². The van der Waals surface area contributed by atoms with Crippen molar-refractivity contribution < 1.29 is 18.0 Å². The molecule has 0 aliphatic heterocycles. The number of hydrogen-bond acceptors (Lipinski definition) is 2. The molecule has 8 heteroatoms. The summed E-state index contributed by atoms with van der Waals surface area (Å²) in [6.45, 7) is 1.53. The van der Waals surface area contributed by atoms with E-state index < -0.39 is 23.7 Å². The van der Waals surface area contributed by atoms with Crippen molar-refractivity contribution in [2.24, 2.45) is 5.73 Å². The number of benzene rings is 1. The molecule has 0 spiro atoms. The zero-order valence-corrected chi connectivity index (χ0v) is 10.6. The Bertz CT molecular complexity index is 701. The van der Waals surface area contributed by atoms with Crippen molar-refractivity contribution in [2.75, 3.05) is 0 Å². The number of amides is 1. The minimum Gasteiger partial charge on any atom is -0.368 e. The number of nitrogens with zero attached hydrogens (tertiary/aromatic N) is 1. The fourth-order valence-electron chi connectivity index (χ4n) is 1.82. The molecule has 0 saturated heterocycles. The first-order valence-electron chi connectivity index (χ1n) is 5.32. The van der Waals surface area contributed by atoms with Gasteiger partial charge in [-0.2, -0.15) is 13.2 Å². The Hall–Kier alpha value is -1.83. The van der Waals surface area contributed by atoms with Crippen molar-refractivity contribution in [3.63, 3.8) is 0 Å². The first kappa shape index (κ1) is 13.6. The first-order valence-corrected chi connectivity index (χ1v) is 5.73. The van der Waals surface area contributed by atoms with Crippen LogP contribution in [0.1, 0.15) is 18.5 Å². The minimum atomic E-state index is -4.43. The normalized spacial score (nSPS) is 13.7. The summed E-state index contributed by atoms with van der Waals surface area (Å²) in [4.78, 5) is 13.8. The summed E-state index contributed by atoms with van der Waals surface area (Å²) in [5, 5.41) is 0. The van der Waals surface area contributed by atoms with E-state index >= 15 is 0 Å². The van der Waals surface area contributed by atoms with E-state index in [4.69, 9.17) is 18.0 Å². The van der Waals surface area contributed by atoms with Gasteiger partial charge in [0.05, 0.1) is 16.6 Å². The average Bonchev–Trinajstić information content (AvgIpc) is 2.61. The molecule has 0 saturated carbocycles. The van der Waals surface area contributed by atoms with Crippen molar-refractivity contribution in [3.05, 3.63) is 28.5 Å². The summed E-state index contributed by atoms with van der Waals surface area (Å²) in [6.07, 6.45) is -4.43. The Morgan fingerprint density at radius 2 is 2.11 bits per heavy atom. The highest BCUT2D eigenvalue weighted by molar-refractivity contribution is 7.71. The van der Waals surface area contributed by atoms with Crippen LogP contribution >= 0.6 is 12.2 Å². The molecule has 1 aromatic carbocycles. The number of carbonyl (C=O) groups excluding carboxylic acids is 1. The number of hydrogen-bond donors (Lipinski definition) is 2. The lowest BCUT2D eigenvalue weighted by molar-refractivity contribution is -0.137. The number of alkyl halides is 3. The van der Waals surface area contributed by atoms with E-state index in [-0.39, 0.29) is 10.3 Å². The maximum absolute atomic E-state index is 12.6. The van der Waals surface area contributed by atoms with E-state index in [1.807, 2.05) is 0 Å². The third-order valence-electron chi connectivity index (χ3n) is 2.84. The van der Waals surface area contributed by atoms with Crippen LogP contribution in [0.4, 0.5) is 13.2 Å². The van der Waals surface area contributed by atoms with Crippen molar-refractivity contribution >= 4 is 29.2 Å². The highest BCUT2D eigenvalue weighted by Crippen LogP contribution is 2.31. The largest absolute Gasteiger partial charge is 0.416 e. The van der Waals surface area contributed by atoms with Crippen molar-refractivity contribution in [1.82, 2.24) is 9.55 Å². The summed E-state index contributed by atoms with van der Waals surface area (Å²) >= 11 is 5.00. The molecular formula is C11H10F3N3OS. The maximum atomic E-state index is 12.6. The smallest absolute Gasteiger partial charge is 0.368 e. The highest BCUT2D eigenvalue weighted by Gasteiger charge is 2.31. The molecule has 4 nitrogen and oxygen atoms in total. The Kier molecular flexibility index (Phi) is 3.13. The molecule has 2 aromatic rings. The summed E-state index contributed by atoms with van der Waals surface area (Å²) in [6, 6.07) is 2.42. The Morgan fingerprint density at radius 1 is 1.47 bits per heavy atom. The summed E-state index contributed by atoms with van der Waals surface area (Å²) < 4.78 is 39.3. The molecule has 0 bridgehead atoms. The number of aromatic amines is 1. The summed E-state index contributed by atoms with van der Waals surface area (Å²) in [5.74, 6) is -0.614. The van der Waals surface area contributed by atoms with Gasteiger partial charge in [-0.25, -0.2) is 0 Å². The van der Waals surface area contributed by atoms with Crippen LogP contribution in [0.25, 0.3) is 11.0 Å². The van der Waals surface area contributed by atoms with Gasteiger partial charge in [0.1, 0.15) is 6.04 Å². The van der Waals surface area contributed by atoms with Crippen LogP contribution in [0.3, 0.4) is 0 Å². The van der Waals surface area contributed by atoms with E-state index in [2.05, 4.69) is 4.98 Å². The molecule has 0 radical (unpaired) electrons. The van der Waals surface area contributed by atoms with Gasteiger partial charge in [0.25, 0.3) is 0 Å². The fourth-order valence-corrected chi connectivity index (χ4v) is 2.19. The molecule has 1 heterocycles. The molecule has 0 aliphatic carbocycles. The number of aromatic nitrogens is 2. The van der Waals surface area contributed by atoms with Crippen LogP contribution in [0.15, 0.2) is 18.2 Å². The lowest BCUT2D eigenvalue weighted by Crippen LogP contribution is -2.24. The topological polar surface area (TPSA) is 63.8 Å². The molecule has 19 heavy (non-hydrogen) atoms. The van der Waals surface area contributed by atoms with E-state index in [0.717, 1.165) is 12.1 Å². The second-order valence-electron chi connectivity index (χ2n) is 4.11. The van der Waals surface area contributed by atoms with Crippen molar-refractivity contribution in [2.45, 2.75) is 19.1 Å². The second-order valence-corrected chi connectivity index (χ2v) is 4.49. The highest BCUT2D eigenvalue weighted by atomic mass is 32.1. The quantitative estimate of drug-likeness (QED) is 0.835. The summed E-state index contributed by atoms with van der Waals surface area (Å²) in [7, 11) is 0. The number of nitrogens with two attached hydrogens (primary N) is 1. The van der Waals surface area contributed by atoms with Gasteiger partial charge >= 0.3 is 6.18 Å². The van der Waals surface area contributed by atoms with E-state index in [1.54, 1.807) is 0 Å². The minimum absolute atomic E-state index is 0.153. The Morgan fingerprint density at radius 3 is 2.63 bits per heavy atom. The number of imidazole rings is 1. The van der Waals surface area contributed by atoms with Crippen LogP contribution in [0.5, 0.6) is 0 Å². The Balaban J connectivity index is 2.67. The maximum Gasteiger partial charge on any atom is 0.416 e. The number of halogens is 3. The number of carbonyl (C=O) groups is 1. The zero-order chi connectivity index (χ0) is 14.4. The molecular weight excluding hydrogens is 279 g/mol. The molecule has 2 rings (SSSR count). The molecule has 1 aromatic heterocycles.